The molecule has 0 fully saturated rings. The number of halogens is 1. The molecule has 130 valence electrons. The molecular weight excluding hydrogens is 384 g/mol. The number of likely N-dealkylation sites (N-methyl/N-ethyl adjacent to an activating group) is 1. The van der Waals surface area contributed by atoms with Crippen LogP contribution in [0.15, 0.2) is 45.6 Å². The summed E-state index contributed by atoms with van der Waals surface area (Å²) in [5, 5.41) is 4.00. The first-order valence-electron chi connectivity index (χ1n) is 8.51. The molecule has 24 heavy (non-hydrogen) atoms. The normalized spacial score (nSPS) is 20.0. The Balaban J connectivity index is 1.86. The molecule has 0 spiro atoms. The summed E-state index contributed by atoms with van der Waals surface area (Å²) in [4.78, 5) is 9.65. The average molecular weight is 409 g/mol. The SMILES string of the molecule is CCC(CC)SC1N=C2C(=CNCN2C)N1Cc1cccc(Br)c1. The van der Waals surface area contributed by atoms with Crippen molar-refractivity contribution < 1.29 is 0 Å². The third-order valence-corrected chi connectivity index (χ3v) is 6.58. The maximum absolute atomic E-state index is 5.04. The molecule has 1 aromatic rings. The van der Waals surface area contributed by atoms with Crippen molar-refractivity contribution in [1.29, 1.82) is 0 Å². The van der Waals surface area contributed by atoms with Crippen molar-refractivity contribution in [2.24, 2.45) is 4.99 Å². The minimum atomic E-state index is 0.150. The molecule has 1 atom stereocenters. The van der Waals surface area contributed by atoms with Crippen LogP contribution in [0.1, 0.15) is 32.3 Å². The van der Waals surface area contributed by atoms with Crippen LogP contribution in [0.3, 0.4) is 0 Å². The predicted octanol–water partition coefficient (Wildman–Crippen LogP) is 4.20. The molecule has 2 aliphatic heterocycles. The van der Waals surface area contributed by atoms with Crippen LogP contribution < -0.4 is 5.32 Å². The van der Waals surface area contributed by atoms with Crippen LogP contribution in [0.5, 0.6) is 0 Å². The van der Waals surface area contributed by atoms with E-state index in [9.17, 15) is 0 Å². The fourth-order valence-electron chi connectivity index (χ4n) is 3.04. The third-order valence-electron chi connectivity index (χ3n) is 4.43. The van der Waals surface area contributed by atoms with Crippen molar-refractivity contribution in [2.75, 3.05) is 13.7 Å². The van der Waals surface area contributed by atoms with Gasteiger partial charge >= 0.3 is 0 Å². The Morgan fingerprint density at radius 3 is 2.88 bits per heavy atom. The maximum atomic E-state index is 5.04. The molecule has 0 bridgehead atoms. The van der Waals surface area contributed by atoms with Gasteiger partial charge in [-0.1, -0.05) is 41.9 Å². The second kappa shape index (κ2) is 7.83. The fourth-order valence-corrected chi connectivity index (χ4v) is 4.71. The summed E-state index contributed by atoms with van der Waals surface area (Å²) < 4.78 is 1.12. The lowest BCUT2D eigenvalue weighted by atomic mass is 10.2. The lowest BCUT2D eigenvalue weighted by Crippen LogP contribution is -2.41. The smallest absolute Gasteiger partial charge is 0.172 e. The number of amidine groups is 1. The van der Waals surface area contributed by atoms with Gasteiger partial charge in [0.25, 0.3) is 0 Å². The van der Waals surface area contributed by atoms with Crippen molar-refractivity contribution >= 4 is 33.5 Å². The molecule has 0 aromatic heterocycles. The Hall–Kier alpha value is -1.14. The molecule has 1 unspecified atom stereocenters. The summed E-state index contributed by atoms with van der Waals surface area (Å²) in [5.74, 6) is 1.10. The van der Waals surface area contributed by atoms with Crippen LogP contribution in [-0.4, -0.2) is 40.1 Å². The Bertz CT molecular complexity index is 642. The van der Waals surface area contributed by atoms with Gasteiger partial charge in [-0.25, -0.2) is 4.99 Å². The molecule has 3 rings (SSSR count). The first-order chi connectivity index (χ1) is 11.6. The predicted molar refractivity (Wildman–Crippen MR) is 107 cm³/mol. The van der Waals surface area contributed by atoms with Crippen LogP contribution >= 0.6 is 27.7 Å². The van der Waals surface area contributed by atoms with E-state index in [1.165, 1.54) is 24.1 Å². The van der Waals surface area contributed by atoms with Gasteiger partial charge in [0.1, 0.15) is 0 Å². The average Bonchev–Trinajstić information content (AvgIpc) is 2.92. The van der Waals surface area contributed by atoms with Crippen LogP contribution in [0.4, 0.5) is 0 Å². The second-order valence-corrected chi connectivity index (χ2v) is 8.48. The van der Waals surface area contributed by atoms with Crippen LogP contribution in [0, 0.1) is 0 Å². The van der Waals surface area contributed by atoms with Crippen LogP contribution in [-0.2, 0) is 6.54 Å². The first-order valence-corrected chi connectivity index (χ1v) is 10.2. The van der Waals surface area contributed by atoms with Gasteiger partial charge < -0.3 is 15.1 Å². The maximum Gasteiger partial charge on any atom is 0.172 e. The summed E-state index contributed by atoms with van der Waals surface area (Å²) in [7, 11) is 2.10. The number of nitrogens with zero attached hydrogens (tertiary/aromatic N) is 3. The lowest BCUT2D eigenvalue weighted by Gasteiger charge is -2.31. The van der Waals surface area contributed by atoms with Crippen molar-refractivity contribution in [2.45, 2.75) is 44.0 Å². The van der Waals surface area contributed by atoms with E-state index in [1.807, 2.05) is 11.8 Å². The van der Waals surface area contributed by atoms with Gasteiger partial charge in [-0.05, 0) is 30.5 Å². The number of thioether (sulfide) groups is 1. The van der Waals surface area contributed by atoms with Crippen molar-refractivity contribution in [3.63, 3.8) is 0 Å². The van der Waals surface area contributed by atoms with E-state index >= 15 is 0 Å². The summed E-state index contributed by atoms with van der Waals surface area (Å²) in [6.07, 6.45) is 4.48. The van der Waals surface area contributed by atoms with Gasteiger partial charge in [-0.2, -0.15) is 0 Å². The molecule has 0 amide bonds. The molecule has 1 N–H and O–H groups in total. The van der Waals surface area contributed by atoms with Gasteiger partial charge in [0, 0.05) is 29.5 Å². The van der Waals surface area contributed by atoms with E-state index in [2.05, 4.69) is 82.4 Å². The number of rotatable bonds is 6. The van der Waals surface area contributed by atoms with Crippen molar-refractivity contribution in [1.82, 2.24) is 15.1 Å². The number of nitrogens with one attached hydrogen (secondary N) is 1. The highest BCUT2D eigenvalue weighted by molar-refractivity contribution is 9.10. The highest BCUT2D eigenvalue weighted by atomic mass is 79.9. The molecule has 6 heteroatoms. The number of fused-ring (bicyclic) bond motifs is 1. The molecule has 2 heterocycles. The molecule has 4 nitrogen and oxygen atoms in total. The fraction of sp³-hybridized carbons (Fsp3) is 0.500. The minimum Gasteiger partial charge on any atom is -0.372 e. The second-order valence-electron chi connectivity index (χ2n) is 6.20. The molecule has 0 saturated heterocycles. The molecule has 0 aliphatic carbocycles. The van der Waals surface area contributed by atoms with Crippen molar-refractivity contribution in [3.05, 3.63) is 46.2 Å². The Morgan fingerprint density at radius 2 is 2.17 bits per heavy atom. The lowest BCUT2D eigenvalue weighted by molar-refractivity contribution is 0.345. The monoisotopic (exact) mass is 408 g/mol. The van der Waals surface area contributed by atoms with Gasteiger partial charge in [0.15, 0.2) is 11.3 Å². The van der Waals surface area contributed by atoms with Gasteiger partial charge in [-0.3, -0.25) is 0 Å². The molecule has 2 aliphatic rings. The Kier molecular flexibility index (Phi) is 5.76. The van der Waals surface area contributed by atoms with E-state index in [4.69, 9.17) is 4.99 Å². The van der Waals surface area contributed by atoms with Gasteiger partial charge in [0.05, 0.1) is 12.4 Å². The van der Waals surface area contributed by atoms with E-state index in [1.54, 1.807) is 0 Å². The molecule has 0 radical (unpaired) electrons. The molecular formula is C18H25BrN4S. The summed E-state index contributed by atoms with van der Waals surface area (Å²) in [6.45, 7) is 6.21. The summed E-state index contributed by atoms with van der Waals surface area (Å²) in [5.41, 5.74) is 2.65. The zero-order valence-corrected chi connectivity index (χ0v) is 16.9. The highest BCUT2D eigenvalue weighted by Crippen LogP contribution is 2.36. The minimum absolute atomic E-state index is 0.150. The van der Waals surface area contributed by atoms with Gasteiger partial charge in [0.2, 0.25) is 0 Å². The van der Waals surface area contributed by atoms with E-state index in [0.29, 0.717) is 5.25 Å². The van der Waals surface area contributed by atoms with Gasteiger partial charge in [-0.15, -0.1) is 11.8 Å². The quantitative estimate of drug-likeness (QED) is 0.763. The zero-order chi connectivity index (χ0) is 17.1. The van der Waals surface area contributed by atoms with Crippen LogP contribution in [0.25, 0.3) is 0 Å². The van der Waals surface area contributed by atoms with E-state index in [0.717, 1.165) is 23.5 Å². The summed E-state index contributed by atoms with van der Waals surface area (Å²) in [6, 6.07) is 8.54. The summed E-state index contributed by atoms with van der Waals surface area (Å²) >= 11 is 5.56. The standard InChI is InChI=1S/C18H25BrN4S/c1-4-15(5-2)24-18-21-17-16(10-20-12-22(17)3)23(18)11-13-7-6-8-14(19)9-13/h6-10,15,18,20H,4-5,11-12H2,1-3H3. The Labute approximate surface area is 157 Å². The number of benzene rings is 1. The highest BCUT2D eigenvalue weighted by Gasteiger charge is 2.35. The van der Waals surface area contributed by atoms with Crippen molar-refractivity contribution in [3.8, 4) is 0 Å². The van der Waals surface area contributed by atoms with E-state index < -0.39 is 0 Å². The van der Waals surface area contributed by atoms with E-state index in [-0.39, 0.29) is 5.50 Å². The number of hydrogen-bond acceptors (Lipinski definition) is 5. The first kappa shape index (κ1) is 17.7. The number of aliphatic imine (C=N–C) groups is 1. The molecule has 1 aromatic carbocycles. The molecule has 0 saturated carbocycles. The topological polar surface area (TPSA) is 30.9 Å². The largest absolute Gasteiger partial charge is 0.372 e. The zero-order valence-electron chi connectivity index (χ0n) is 14.5. The third kappa shape index (κ3) is 3.75. The van der Waals surface area contributed by atoms with Crippen LogP contribution in [0.2, 0.25) is 0 Å². The number of hydrogen-bond donors (Lipinski definition) is 1. The Morgan fingerprint density at radius 1 is 1.38 bits per heavy atom.